The lowest BCUT2D eigenvalue weighted by Crippen LogP contribution is -2.48. The zero-order valence-electron chi connectivity index (χ0n) is 9.93. The van der Waals surface area contributed by atoms with Crippen LogP contribution in [-0.4, -0.2) is 24.7 Å². The molecule has 6 nitrogen and oxygen atoms in total. The summed E-state index contributed by atoms with van der Waals surface area (Å²) in [6.07, 6.45) is 0. The van der Waals surface area contributed by atoms with Gasteiger partial charge in [-0.1, -0.05) is 6.07 Å². The van der Waals surface area contributed by atoms with Crippen LogP contribution in [-0.2, 0) is 0 Å². The van der Waals surface area contributed by atoms with Crippen LogP contribution in [0.25, 0.3) is 0 Å². The van der Waals surface area contributed by atoms with E-state index in [0.29, 0.717) is 5.56 Å². The van der Waals surface area contributed by atoms with E-state index in [-0.39, 0.29) is 11.4 Å². The molecule has 0 bridgehead atoms. The van der Waals surface area contributed by atoms with Crippen molar-refractivity contribution in [2.75, 3.05) is 12.1 Å². The number of carbonyl (C=O) groups is 1. The molecule has 0 aliphatic carbocycles. The van der Waals surface area contributed by atoms with Gasteiger partial charge in [0.2, 0.25) is 0 Å². The molecule has 18 heavy (non-hydrogen) atoms. The molecular formula is C10H14F2N4O2. The highest BCUT2D eigenvalue weighted by molar-refractivity contribution is 5.91. The number of halogens is 2. The number of amides is 2. The molecule has 0 atom stereocenters. The lowest BCUT2D eigenvalue weighted by Gasteiger charge is -2.23. The predicted octanol–water partition coefficient (Wildman–Crippen LogP) is 1.20. The van der Waals surface area contributed by atoms with Crippen molar-refractivity contribution in [3.05, 3.63) is 23.8 Å². The molecule has 1 rings (SSSR count). The highest BCUT2D eigenvalue weighted by Gasteiger charge is 2.18. The average Bonchev–Trinajstić information content (AvgIpc) is 2.29. The van der Waals surface area contributed by atoms with Crippen LogP contribution in [0.15, 0.2) is 18.2 Å². The van der Waals surface area contributed by atoms with Gasteiger partial charge in [0.1, 0.15) is 5.75 Å². The SMILES string of the molecule is Cc1c(OC(F)F)cccc1N(N)C(=O)N(C)N. The minimum absolute atomic E-state index is 0.0505. The molecule has 0 aliphatic rings. The zero-order valence-corrected chi connectivity index (χ0v) is 9.93. The van der Waals surface area contributed by atoms with Crippen molar-refractivity contribution in [3.63, 3.8) is 0 Å². The summed E-state index contributed by atoms with van der Waals surface area (Å²) in [5.41, 5.74) is 0.547. The number of alkyl halides is 2. The molecule has 0 spiro atoms. The van der Waals surface area contributed by atoms with E-state index in [2.05, 4.69) is 4.74 Å². The monoisotopic (exact) mass is 260 g/mol. The van der Waals surface area contributed by atoms with Crippen LogP contribution in [0.3, 0.4) is 0 Å². The number of nitrogens with two attached hydrogens (primary N) is 2. The summed E-state index contributed by atoms with van der Waals surface area (Å²) in [5, 5.41) is 1.54. The van der Waals surface area contributed by atoms with Crippen LogP contribution in [0.1, 0.15) is 5.56 Å². The molecule has 0 fully saturated rings. The van der Waals surface area contributed by atoms with Crippen LogP contribution in [0, 0.1) is 6.92 Å². The fourth-order valence-corrected chi connectivity index (χ4v) is 1.36. The molecule has 8 heteroatoms. The Morgan fingerprint density at radius 1 is 1.39 bits per heavy atom. The number of nitrogens with zero attached hydrogens (tertiary/aromatic N) is 2. The molecule has 0 aliphatic heterocycles. The number of rotatable bonds is 3. The van der Waals surface area contributed by atoms with Gasteiger partial charge in [0.05, 0.1) is 5.69 Å². The quantitative estimate of drug-likeness (QED) is 0.486. The summed E-state index contributed by atoms with van der Waals surface area (Å²) in [5.74, 6) is 10.8. The standard InChI is InChI=1S/C10H14F2N4O2/c1-6-7(16(14)10(17)15(2)13)4-3-5-8(6)18-9(11)12/h3-5,9H,13-14H2,1-2H3. The van der Waals surface area contributed by atoms with Crippen molar-refractivity contribution in [2.45, 2.75) is 13.5 Å². The molecule has 1 aromatic rings. The largest absolute Gasteiger partial charge is 0.434 e. The van der Waals surface area contributed by atoms with Crippen LogP contribution in [0.4, 0.5) is 19.3 Å². The van der Waals surface area contributed by atoms with E-state index in [1.165, 1.54) is 32.2 Å². The Morgan fingerprint density at radius 2 is 2.00 bits per heavy atom. The van der Waals surface area contributed by atoms with Crippen LogP contribution in [0.5, 0.6) is 5.75 Å². The Kier molecular flexibility index (Phi) is 4.40. The van der Waals surface area contributed by atoms with Crippen molar-refractivity contribution in [1.29, 1.82) is 0 Å². The first-order chi connectivity index (χ1) is 8.34. The number of benzene rings is 1. The van der Waals surface area contributed by atoms with Gasteiger partial charge >= 0.3 is 12.6 Å². The summed E-state index contributed by atoms with van der Waals surface area (Å²) < 4.78 is 28.6. The summed E-state index contributed by atoms with van der Waals surface area (Å²) in [6, 6.07) is 3.61. The minimum atomic E-state index is -2.95. The van der Waals surface area contributed by atoms with Crippen molar-refractivity contribution >= 4 is 11.7 Å². The Labute approximate surface area is 103 Å². The molecule has 0 aromatic heterocycles. The third-order valence-electron chi connectivity index (χ3n) is 2.24. The molecule has 2 amide bonds. The molecule has 0 saturated heterocycles. The Balaban J connectivity index is 3.06. The van der Waals surface area contributed by atoms with Crippen LogP contribution in [0.2, 0.25) is 0 Å². The maximum Gasteiger partial charge on any atom is 0.387 e. The van der Waals surface area contributed by atoms with Crippen molar-refractivity contribution < 1.29 is 18.3 Å². The van der Waals surface area contributed by atoms with E-state index < -0.39 is 12.6 Å². The first kappa shape index (κ1) is 14.1. The molecule has 1 aromatic carbocycles. The zero-order chi connectivity index (χ0) is 13.9. The highest BCUT2D eigenvalue weighted by Crippen LogP contribution is 2.28. The molecule has 0 unspecified atom stereocenters. The van der Waals surface area contributed by atoms with Crippen molar-refractivity contribution in [2.24, 2.45) is 11.7 Å². The molecule has 0 radical (unpaired) electrons. The lowest BCUT2D eigenvalue weighted by atomic mass is 10.2. The fourth-order valence-electron chi connectivity index (χ4n) is 1.36. The minimum Gasteiger partial charge on any atom is -0.434 e. The second kappa shape index (κ2) is 5.61. The van der Waals surface area contributed by atoms with Crippen molar-refractivity contribution in [1.82, 2.24) is 5.01 Å². The van der Waals surface area contributed by atoms with Crippen LogP contribution >= 0.6 is 0 Å². The van der Waals surface area contributed by atoms with Gasteiger partial charge < -0.3 is 4.74 Å². The van der Waals surface area contributed by atoms with E-state index in [4.69, 9.17) is 11.7 Å². The first-order valence-electron chi connectivity index (χ1n) is 4.96. The fraction of sp³-hybridized carbons (Fsp3) is 0.300. The lowest BCUT2D eigenvalue weighted by molar-refractivity contribution is -0.0502. The molecule has 4 N–H and O–H groups in total. The van der Waals surface area contributed by atoms with E-state index in [0.717, 1.165) is 10.0 Å². The van der Waals surface area contributed by atoms with E-state index in [9.17, 15) is 13.6 Å². The second-order valence-corrected chi connectivity index (χ2v) is 3.54. The molecule has 100 valence electrons. The predicted molar refractivity (Wildman–Crippen MR) is 61.8 cm³/mol. The smallest absolute Gasteiger partial charge is 0.387 e. The summed E-state index contributed by atoms with van der Waals surface area (Å²) >= 11 is 0. The molecule has 0 saturated carbocycles. The Hall–Kier alpha value is -1.93. The third kappa shape index (κ3) is 3.05. The number of ether oxygens (including phenoxy) is 1. The summed E-state index contributed by atoms with van der Waals surface area (Å²) in [7, 11) is 1.32. The topological polar surface area (TPSA) is 84.8 Å². The normalized spacial score (nSPS) is 10.4. The van der Waals surface area contributed by atoms with Gasteiger partial charge in [-0.05, 0) is 19.1 Å². The maximum absolute atomic E-state index is 12.2. The number of hydrogen-bond acceptors (Lipinski definition) is 4. The van der Waals surface area contributed by atoms with Gasteiger partial charge in [-0.15, -0.1) is 0 Å². The molecule has 0 heterocycles. The van der Waals surface area contributed by atoms with Gasteiger partial charge in [0.25, 0.3) is 0 Å². The first-order valence-corrected chi connectivity index (χ1v) is 4.96. The average molecular weight is 260 g/mol. The van der Waals surface area contributed by atoms with Gasteiger partial charge in [-0.25, -0.2) is 21.5 Å². The van der Waals surface area contributed by atoms with Gasteiger partial charge in [-0.2, -0.15) is 8.78 Å². The van der Waals surface area contributed by atoms with Crippen molar-refractivity contribution in [3.8, 4) is 5.75 Å². The number of hydrazine groups is 2. The van der Waals surface area contributed by atoms with E-state index in [1.54, 1.807) is 0 Å². The number of urea groups is 1. The van der Waals surface area contributed by atoms with E-state index in [1.807, 2.05) is 0 Å². The third-order valence-corrected chi connectivity index (χ3v) is 2.24. The molecular weight excluding hydrogens is 246 g/mol. The number of hydrogen-bond donors (Lipinski definition) is 2. The van der Waals surface area contributed by atoms with Gasteiger partial charge in [0, 0.05) is 12.6 Å². The Morgan fingerprint density at radius 3 is 2.50 bits per heavy atom. The number of carbonyl (C=O) groups excluding carboxylic acids is 1. The van der Waals surface area contributed by atoms with E-state index >= 15 is 0 Å². The summed E-state index contributed by atoms with van der Waals surface area (Å²) in [4.78, 5) is 11.5. The van der Waals surface area contributed by atoms with Gasteiger partial charge in [-0.3, -0.25) is 5.01 Å². The second-order valence-electron chi connectivity index (χ2n) is 3.54. The van der Waals surface area contributed by atoms with Gasteiger partial charge in [0.15, 0.2) is 0 Å². The summed E-state index contributed by atoms with van der Waals surface area (Å²) in [6.45, 7) is -1.44. The number of anilines is 1. The highest BCUT2D eigenvalue weighted by atomic mass is 19.3. The Bertz CT molecular complexity index is 440. The van der Waals surface area contributed by atoms with Crippen LogP contribution < -0.4 is 21.4 Å². The maximum atomic E-state index is 12.2.